The maximum absolute atomic E-state index is 12.4. The highest BCUT2D eigenvalue weighted by Crippen LogP contribution is 2.47. The third kappa shape index (κ3) is 7.16. The summed E-state index contributed by atoms with van der Waals surface area (Å²) >= 11 is 0. The third-order valence-electron chi connectivity index (χ3n) is 4.15. The van der Waals surface area contributed by atoms with Crippen LogP contribution < -0.4 is 0 Å². The lowest BCUT2D eigenvalue weighted by Gasteiger charge is -2.37. The summed E-state index contributed by atoms with van der Waals surface area (Å²) < 4.78 is 10.6. The van der Waals surface area contributed by atoms with Gasteiger partial charge in [0.05, 0.1) is 6.61 Å². The molecule has 4 atom stereocenters. The van der Waals surface area contributed by atoms with Crippen LogP contribution in [0.5, 0.6) is 0 Å². The van der Waals surface area contributed by atoms with Crippen molar-refractivity contribution in [2.75, 3.05) is 6.61 Å². The zero-order chi connectivity index (χ0) is 20.7. The van der Waals surface area contributed by atoms with E-state index in [2.05, 4.69) is 27.7 Å². The molecule has 2 fully saturated rings. The van der Waals surface area contributed by atoms with Crippen LogP contribution in [-0.4, -0.2) is 41.3 Å². The molecule has 2 aliphatic rings. The summed E-state index contributed by atoms with van der Waals surface area (Å²) in [6.07, 6.45) is 1.43. The Labute approximate surface area is 160 Å². The first-order valence-corrected chi connectivity index (χ1v) is 10.2. The zero-order valence-corrected chi connectivity index (χ0v) is 18.6. The maximum atomic E-state index is 12.4. The van der Waals surface area contributed by atoms with Crippen LogP contribution in [0.4, 0.5) is 4.79 Å². The van der Waals surface area contributed by atoms with Crippen molar-refractivity contribution < 1.29 is 19.1 Å². The van der Waals surface area contributed by atoms with E-state index in [1.807, 2.05) is 34.6 Å². The van der Waals surface area contributed by atoms with E-state index >= 15 is 0 Å². The van der Waals surface area contributed by atoms with E-state index in [0.717, 1.165) is 18.8 Å². The molecule has 0 aromatic carbocycles. The molecule has 0 N–H and O–H groups in total. The third-order valence-corrected chi connectivity index (χ3v) is 4.15. The maximum Gasteiger partial charge on any atom is 0.411 e. The summed E-state index contributed by atoms with van der Waals surface area (Å²) in [6, 6.07) is -0.363. The van der Waals surface area contributed by atoms with Crippen molar-refractivity contribution in [3.63, 3.8) is 0 Å². The average Bonchev–Trinajstić information content (AvgIpc) is 3.03. The van der Waals surface area contributed by atoms with Crippen LogP contribution in [0, 0.1) is 17.8 Å². The van der Waals surface area contributed by atoms with Crippen molar-refractivity contribution in [2.45, 2.75) is 99.8 Å². The van der Waals surface area contributed by atoms with E-state index in [0.29, 0.717) is 12.5 Å². The largest absolute Gasteiger partial charge is 0.464 e. The molecule has 26 heavy (non-hydrogen) atoms. The Morgan fingerprint density at radius 3 is 2.04 bits per heavy atom. The fraction of sp³-hybridized carbons (Fsp3) is 0.905. The van der Waals surface area contributed by atoms with Gasteiger partial charge in [-0.05, 0) is 58.3 Å². The second kappa shape index (κ2) is 10.8. The molecule has 1 aliphatic carbocycles. The highest BCUT2D eigenvalue weighted by molar-refractivity contribution is 5.83. The molecule has 5 heteroatoms. The number of esters is 1. The highest BCUT2D eigenvalue weighted by Gasteiger charge is 2.56. The van der Waals surface area contributed by atoms with Crippen molar-refractivity contribution in [1.29, 1.82) is 0 Å². The molecule has 4 unspecified atom stereocenters. The normalized spacial score (nSPS) is 26.5. The Morgan fingerprint density at radius 2 is 1.62 bits per heavy atom. The molecule has 0 radical (unpaired) electrons. The van der Waals surface area contributed by atoms with E-state index in [-0.39, 0.29) is 17.9 Å². The van der Waals surface area contributed by atoms with Crippen molar-refractivity contribution >= 4 is 12.1 Å². The van der Waals surface area contributed by atoms with E-state index < -0.39 is 17.7 Å². The van der Waals surface area contributed by atoms with Crippen molar-refractivity contribution in [3.05, 3.63) is 0 Å². The fourth-order valence-corrected chi connectivity index (χ4v) is 3.44. The van der Waals surface area contributed by atoms with Crippen molar-refractivity contribution in [2.24, 2.45) is 17.8 Å². The number of carbonyl (C=O) groups excluding carboxylic acids is 2. The Morgan fingerprint density at radius 1 is 1.12 bits per heavy atom. The number of hydrogen-bond donors (Lipinski definition) is 0. The van der Waals surface area contributed by atoms with Gasteiger partial charge in [0.2, 0.25) is 0 Å². The molecule has 0 aromatic heterocycles. The standard InChI is InChI=1S/C15H25NO4.C4H10.C2H6/c1-6-19-13(17)12-11-8-10(7-9(11)2)16(12)14(18)20-15(3,4)5;1-4(2)3;1-2/h9-12H,6-8H2,1-5H3;4H,1-3H3;1-2H3. The fourth-order valence-electron chi connectivity index (χ4n) is 3.44. The molecule has 2 rings (SSSR count). The number of hydrogen-bond acceptors (Lipinski definition) is 4. The minimum Gasteiger partial charge on any atom is -0.464 e. The summed E-state index contributed by atoms with van der Waals surface area (Å²) in [5.41, 5.74) is -0.552. The minimum absolute atomic E-state index is 0.110. The van der Waals surface area contributed by atoms with Gasteiger partial charge in [0.25, 0.3) is 0 Å². The first kappa shape index (κ1) is 24.7. The van der Waals surface area contributed by atoms with Gasteiger partial charge in [-0.1, -0.05) is 41.5 Å². The SMILES string of the molecule is CC.CC(C)C.CCOC(=O)C1C2CC(CC2C)N1C(=O)OC(C)(C)C. The molecular formula is C21H41NO4. The van der Waals surface area contributed by atoms with Gasteiger partial charge < -0.3 is 9.47 Å². The molecule has 1 aliphatic heterocycles. The van der Waals surface area contributed by atoms with Crippen LogP contribution in [0.1, 0.15) is 82.1 Å². The number of piperidine rings is 1. The molecule has 1 heterocycles. The average molecular weight is 372 g/mol. The van der Waals surface area contributed by atoms with Gasteiger partial charge in [-0.2, -0.15) is 0 Å². The Bertz CT molecular complexity index is 439. The summed E-state index contributed by atoms with van der Waals surface area (Å²) in [6.45, 7) is 20.3. The number of amides is 1. The number of rotatable bonds is 2. The first-order valence-electron chi connectivity index (χ1n) is 10.2. The number of carbonyl (C=O) groups is 2. The van der Waals surface area contributed by atoms with E-state index in [1.165, 1.54) is 0 Å². The van der Waals surface area contributed by atoms with E-state index in [9.17, 15) is 9.59 Å². The van der Waals surface area contributed by atoms with Crippen LogP contribution in [0.25, 0.3) is 0 Å². The van der Waals surface area contributed by atoms with Gasteiger partial charge >= 0.3 is 12.1 Å². The Kier molecular flexibility index (Phi) is 10.3. The lowest BCUT2D eigenvalue weighted by atomic mass is 9.89. The summed E-state index contributed by atoms with van der Waals surface area (Å²) in [5, 5.41) is 0. The van der Waals surface area contributed by atoms with Crippen LogP contribution >= 0.6 is 0 Å². The van der Waals surface area contributed by atoms with Crippen LogP contribution in [-0.2, 0) is 14.3 Å². The Balaban J connectivity index is 0.000000920. The molecule has 154 valence electrons. The number of fused-ring (bicyclic) bond motifs is 2. The molecule has 1 amide bonds. The zero-order valence-electron chi connectivity index (χ0n) is 18.6. The minimum atomic E-state index is -0.552. The highest BCUT2D eigenvalue weighted by atomic mass is 16.6. The second-order valence-electron chi connectivity index (χ2n) is 8.58. The lowest BCUT2D eigenvalue weighted by molar-refractivity contribution is -0.151. The molecule has 1 saturated carbocycles. The predicted octanol–water partition coefficient (Wildman–Crippen LogP) is 5.27. The van der Waals surface area contributed by atoms with Gasteiger partial charge in [0.15, 0.2) is 0 Å². The monoisotopic (exact) mass is 371 g/mol. The number of likely N-dealkylation sites (tertiary alicyclic amines) is 1. The molecule has 5 nitrogen and oxygen atoms in total. The molecular weight excluding hydrogens is 330 g/mol. The summed E-state index contributed by atoms with van der Waals surface area (Å²) in [5.74, 6) is 1.19. The number of ether oxygens (including phenoxy) is 2. The summed E-state index contributed by atoms with van der Waals surface area (Å²) in [7, 11) is 0. The molecule has 2 bridgehead atoms. The lowest BCUT2D eigenvalue weighted by Crippen LogP contribution is -2.52. The van der Waals surface area contributed by atoms with Crippen LogP contribution in [0.3, 0.4) is 0 Å². The van der Waals surface area contributed by atoms with Gasteiger partial charge in [-0.15, -0.1) is 0 Å². The second-order valence-corrected chi connectivity index (χ2v) is 8.58. The Hall–Kier alpha value is -1.26. The first-order chi connectivity index (χ1) is 12.0. The van der Waals surface area contributed by atoms with Gasteiger partial charge in [0.1, 0.15) is 11.6 Å². The van der Waals surface area contributed by atoms with E-state index in [4.69, 9.17) is 9.47 Å². The quantitative estimate of drug-likeness (QED) is 0.620. The van der Waals surface area contributed by atoms with Crippen molar-refractivity contribution in [3.8, 4) is 0 Å². The predicted molar refractivity (Wildman–Crippen MR) is 106 cm³/mol. The smallest absolute Gasteiger partial charge is 0.411 e. The van der Waals surface area contributed by atoms with Crippen LogP contribution in [0.15, 0.2) is 0 Å². The van der Waals surface area contributed by atoms with Crippen molar-refractivity contribution in [1.82, 2.24) is 4.90 Å². The van der Waals surface area contributed by atoms with Gasteiger partial charge in [-0.25, -0.2) is 9.59 Å². The number of nitrogens with zero attached hydrogens (tertiary/aromatic N) is 1. The van der Waals surface area contributed by atoms with Gasteiger partial charge in [0, 0.05) is 6.04 Å². The topological polar surface area (TPSA) is 55.8 Å². The molecule has 1 saturated heterocycles. The molecule has 0 spiro atoms. The molecule has 0 aromatic rings. The van der Waals surface area contributed by atoms with Crippen LogP contribution in [0.2, 0.25) is 0 Å². The summed E-state index contributed by atoms with van der Waals surface area (Å²) in [4.78, 5) is 26.2. The van der Waals surface area contributed by atoms with Gasteiger partial charge in [-0.3, -0.25) is 4.90 Å². The van der Waals surface area contributed by atoms with E-state index in [1.54, 1.807) is 11.8 Å².